The largest absolute Gasteiger partial charge is 0.497 e. The summed E-state index contributed by atoms with van der Waals surface area (Å²) in [4.78, 5) is 12.1. The van der Waals surface area contributed by atoms with E-state index in [0.717, 1.165) is 16.1 Å². The number of benzene rings is 2. The van der Waals surface area contributed by atoms with Gasteiger partial charge in [-0.2, -0.15) is 0 Å². The van der Waals surface area contributed by atoms with Crippen LogP contribution in [0.5, 0.6) is 11.5 Å². The summed E-state index contributed by atoms with van der Waals surface area (Å²) in [6.45, 7) is 0. The quantitative estimate of drug-likeness (QED) is 0.630. The lowest BCUT2D eigenvalue weighted by Crippen LogP contribution is -2.07. The van der Waals surface area contributed by atoms with Crippen molar-refractivity contribution in [3.63, 3.8) is 0 Å². The molecule has 0 aliphatic carbocycles. The maximum atomic E-state index is 12.1. The third-order valence-corrected chi connectivity index (χ3v) is 4.53. The summed E-state index contributed by atoms with van der Waals surface area (Å²) in [7, 11) is 3.16. The summed E-state index contributed by atoms with van der Waals surface area (Å²) >= 11 is 1.36. The molecule has 3 rings (SSSR count). The first-order valence-electron chi connectivity index (χ1n) is 8.24. The molecular formula is C20H19N3O3S. The van der Waals surface area contributed by atoms with Crippen molar-refractivity contribution in [2.45, 2.75) is 6.42 Å². The molecule has 0 saturated heterocycles. The zero-order chi connectivity index (χ0) is 19.1. The van der Waals surface area contributed by atoms with Gasteiger partial charge in [-0.15, -0.1) is 10.2 Å². The highest BCUT2D eigenvalue weighted by molar-refractivity contribution is 7.15. The number of rotatable bonds is 7. The monoisotopic (exact) mass is 381 g/mol. The normalized spacial score (nSPS) is 10.7. The molecule has 1 heterocycles. The van der Waals surface area contributed by atoms with Crippen LogP contribution in [-0.4, -0.2) is 30.3 Å². The second kappa shape index (κ2) is 8.95. The Labute approximate surface area is 161 Å². The molecule has 0 aliphatic rings. The Balaban J connectivity index is 1.62. The number of methoxy groups -OCH3 is 2. The summed E-state index contributed by atoms with van der Waals surface area (Å²) in [6, 6.07) is 15.4. The molecule has 0 radical (unpaired) electrons. The van der Waals surface area contributed by atoms with Crippen molar-refractivity contribution in [3.05, 3.63) is 70.7 Å². The molecule has 1 amide bonds. The lowest BCUT2D eigenvalue weighted by Gasteiger charge is -2.05. The molecule has 0 fully saturated rings. The van der Waals surface area contributed by atoms with Crippen LogP contribution >= 0.6 is 11.3 Å². The lowest BCUT2D eigenvalue weighted by atomic mass is 10.2. The zero-order valence-corrected chi connectivity index (χ0v) is 15.8. The number of nitrogens with one attached hydrogen (secondary N) is 1. The molecule has 0 spiro atoms. The maximum Gasteiger partial charge on any atom is 0.250 e. The molecule has 0 bridgehead atoms. The summed E-state index contributed by atoms with van der Waals surface area (Å²) in [6.07, 6.45) is 3.81. The van der Waals surface area contributed by atoms with Gasteiger partial charge in [0, 0.05) is 18.6 Å². The van der Waals surface area contributed by atoms with Crippen LogP contribution in [0.3, 0.4) is 0 Å². The fourth-order valence-electron chi connectivity index (χ4n) is 2.39. The number of nitrogens with zero attached hydrogens (tertiary/aromatic N) is 2. The van der Waals surface area contributed by atoms with Crippen LogP contribution in [-0.2, 0) is 11.2 Å². The van der Waals surface area contributed by atoms with Crippen LogP contribution in [0.1, 0.15) is 16.1 Å². The SMILES string of the molecule is COc1cc(/C=C/C(=O)Nc2nnc(Cc3ccccc3)s2)cc(OC)c1. The third kappa shape index (κ3) is 5.39. The van der Waals surface area contributed by atoms with E-state index < -0.39 is 0 Å². The van der Waals surface area contributed by atoms with E-state index in [1.807, 2.05) is 42.5 Å². The van der Waals surface area contributed by atoms with E-state index in [4.69, 9.17) is 9.47 Å². The summed E-state index contributed by atoms with van der Waals surface area (Å²) in [5.41, 5.74) is 1.95. The van der Waals surface area contributed by atoms with Crippen LogP contribution in [0.15, 0.2) is 54.6 Å². The molecule has 0 atom stereocenters. The smallest absolute Gasteiger partial charge is 0.250 e. The van der Waals surface area contributed by atoms with Crippen molar-refractivity contribution in [2.75, 3.05) is 19.5 Å². The number of amides is 1. The first-order valence-corrected chi connectivity index (χ1v) is 9.06. The molecular weight excluding hydrogens is 362 g/mol. The van der Waals surface area contributed by atoms with Gasteiger partial charge in [0.1, 0.15) is 16.5 Å². The van der Waals surface area contributed by atoms with E-state index in [9.17, 15) is 4.79 Å². The second-order valence-corrected chi connectivity index (χ2v) is 6.69. The summed E-state index contributed by atoms with van der Waals surface area (Å²) < 4.78 is 10.4. The molecule has 0 unspecified atom stereocenters. The number of aromatic nitrogens is 2. The first-order chi connectivity index (χ1) is 13.2. The van der Waals surface area contributed by atoms with Crippen molar-refractivity contribution in [3.8, 4) is 11.5 Å². The van der Waals surface area contributed by atoms with Gasteiger partial charge in [0.25, 0.3) is 0 Å². The Bertz CT molecular complexity index is 916. The standard InChI is InChI=1S/C20H19N3O3S/c1-25-16-10-15(11-17(13-16)26-2)8-9-18(24)21-20-23-22-19(27-20)12-14-6-4-3-5-7-14/h3-11,13H,12H2,1-2H3,(H,21,23,24)/b9-8+. The summed E-state index contributed by atoms with van der Waals surface area (Å²) in [5.74, 6) is 1.03. The first kappa shape index (κ1) is 18.6. The van der Waals surface area contributed by atoms with Crippen molar-refractivity contribution < 1.29 is 14.3 Å². The number of hydrogen-bond donors (Lipinski definition) is 1. The van der Waals surface area contributed by atoms with E-state index in [-0.39, 0.29) is 5.91 Å². The van der Waals surface area contributed by atoms with Crippen LogP contribution in [0.25, 0.3) is 6.08 Å². The number of carbonyl (C=O) groups is 1. The minimum absolute atomic E-state index is 0.279. The molecule has 0 saturated carbocycles. The topological polar surface area (TPSA) is 73.3 Å². The molecule has 2 aromatic carbocycles. The van der Waals surface area contributed by atoms with Gasteiger partial charge in [-0.3, -0.25) is 10.1 Å². The van der Waals surface area contributed by atoms with Crippen LogP contribution in [0, 0.1) is 0 Å². The fraction of sp³-hybridized carbons (Fsp3) is 0.150. The summed E-state index contributed by atoms with van der Waals surface area (Å²) in [5, 5.41) is 12.2. The Morgan fingerprint density at radius 1 is 1.07 bits per heavy atom. The average molecular weight is 381 g/mol. The van der Waals surface area contributed by atoms with Crippen LogP contribution in [0.4, 0.5) is 5.13 Å². The van der Waals surface area contributed by atoms with Crippen molar-refractivity contribution in [1.29, 1.82) is 0 Å². The van der Waals surface area contributed by atoms with Gasteiger partial charge in [-0.05, 0) is 29.3 Å². The van der Waals surface area contributed by atoms with E-state index in [2.05, 4.69) is 15.5 Å². The highest BCUT2D eigenvalue weighted by atomic mass is 32.1. The number of ether oxygens (including phenoxy) is 2. The lowest BCUT2D eigenvalue weighted by molar-refractivity contribution is -0.111. The minimum atomic E-state index is -0.279. The molecule has 27 heavy (non-hydrogen) atoms. The third-order valence-electron chi connectivity index (χ3n) is 3.70. The van der Waals surface area contributed by atoms with Gasteiger partial charge in [-0.1, -0.05) is 41.7 Å². The molecule has 1 N–H and O–H groups in total. The second-order valence-electron chi connectivity index (χ2n) is 5.63. The fourth-order valence-corrected chi connectivity index (χ4v) is 3.17. The van der Waals surface area contributed by atoms with Gasteiger partial charge in [-0.25, -0.2) is 0 Å². The number of hydrogen-bond acceptors (Lipinski definition) is 6. The van der Waals surface area contributed by atoms with E-state index >= 15 is 0 Å². The average Bonchev–Trinajstić information content (AvgIpc) is 3.13. The maximum absolute atomic E-state index is 12.1. The molecule has 7 heteroatoms. The molecule has 6 nitrogen and oxygen atoms in total. The molecule has 3 aromatic rings. The number of anilines is 1. The molecule has 0 aliphatic heterocycles. The van der Waals surface area contributed by atoms with Crippen molar-refractivity contribution in [2.24, 2.45) is 0 Å². The Hall–Kier alpha value is -3.19. The van der Waals surface area contributed by atoms with E-state index in [0.29, 0.717) is 23.1 Å². The van der Waals surface area contributed by atoms with Crippen molar-refractivity contribution in [1.82, 2.24) is 10.2 Å². The predicted octanol–water partition coefficient (Wildman–Crippen LogP) is 3.80. The minimum Gasteiger partial charge on any atom is -0.497 e. The van der Waals surface area contributed by atoms with Crippen molar-refractivity contribution >= 4 is 28.5 Å². The van der Waals surface area contributed by atoms with E-state index in [1.165, 1.54) is 17.4 Å². The Kier molecular flexibility index (Phi) is 6.17. The van der Waals surface area contributed by atoms with Crippen LogP contribution < -0.4 is 14.8 Å². The van der Waals surface area contributed by atoms with Gasteiger partial charge in [0.15, 0.2) is 0 Å². The zero-order valence-electron chi connectivity index (χ0n) is 15.0. The molecule has 1 aromatic heterocycles. The molecule has 138 valence electrons. The van der Waals surface area contributed by atoms with Crippen LogP contribution in [0.2, 0.25) is 0 Å². The van der Waals surface area contributed by atoms with Gasteiger partial charge >= 0.3 is 0 Å². The highest BCUT2D eigenvalue weighted by Gasteiger charge is 2.07. The van der Waals surface area contributed by atoms with E-state index in [1.54, 1.807) is 26.4 Å². The highest BCUT2D eigenvalue weighted by Crippen LogP contribution is 2.23. The van der Waals surface area contributed by atoms with Gasteiger partial charge < -0.3 is 9.47 Å². The Morgan fingerprint density at radius 3 is 2.44 bits per heavy atom. The predicted molar refractivity (Wildman–Crippen MR) is 106 cm³/mol. The number of carbonyl (C=O) groups excluding carboxylic acids is 1. The van der Waals surface area contributed by atoms with Gasteiger partial charge in [0.05, 0.1) is 14.2 Å². The van der Waals surface area contributed by atoms with Gasteiger partial charge in [0.2, 0.25) is 11.0 Å². The Morgan fingerprint density at radius 2 is 1.78 bits per heavy atom.